The van der Waals surface area contributed by atoms with Crippen molar-refractivity contribution in [2.75, 3.05) is 13.4 Å². The molecule has 0 aliphatic carbocycles. The van der Waals surface area contributed by atoms with Crippen molar-refractivity contribution in [3.05, 3.63) is 28.7 Å². The van der Waals surface area contributed by atoms with E-state index in [1.54, 1.807) is 24.3 Å². The molecule has 0 atom stereocenters. The minimum atomic E-state index is -4.32. The Balaban J connectivity index is 2.30. The molecule has 0 saturated heterocycles. The minimum Gasteiger partial charge on any atom is -0.466 e. The minimum absolute atomic E-state index is 0.428. The van der Waals surface area contributed by atoms with Crippen molar-refractivity contribution in [1.29, 1.82) is 0 Å². The van der Waals surface area contributed by atoms with Gasteiger partial charge < -0.3 is 9.47 Å². The average Bonchev–Trinajstić information content (AvgIpc) is 2.13. The Bertz CT molecular complexity index is 314. The largest absolute Gasteiger partial charge is 0.466 e. The Kier molecular flexibility index (Phi) is 4.41. The summed E-state index contributed by atoms with van der Waals surface area (Å²) in [6, 6.07) is 6.83. The fraction of sp³-hybridized carbons (Fsp3) is 0.333. The number of rotatable bonds is 4. The lowest BCUT2D eigenvalue weighted by atomic mass is 10.3. The van der Waals surface area contributed by atoms with Crippen LogP contribution < -0.4 is 4.74 Å². The molecule has 84 valence electrons. The molecule has 2 nitrogen and oxygen atoms in total. The average molecular weight is 285 g/mol. The first-order valence-corrected chi connectivity index (χ1v) is 4.80. The van der Waals surface area contributed by atoms with Gasteiger partial charge in [-0.25, -0.2) is 0 Å². The highest BCUT2D eigenvalue weighted by Crippen LogP contribution is 2.23. The van der Waals surface area contributed by atoms with E-state index in [0.717, 1.165) is 0 Å². The van der Waals surface area contributed by atoms with Gasteiger partial charge >= 0.3 is 6.18 Å². The second kappa shape index (κ2) is 5.37. The lowest BCUT2D eigenvalue weighted by molar-refractivity contribution is -0.186. The highest BCUT2D eigenvalue weighted by molar-refractivity contribution is 9.10. The zero-order valence-corrected chi connectivity index (χ0v) is 9.14. The van der Waals surface area contributed by atoms with Gasteiger partial charge in [0.15, 0.2) is 6.79 Å². The van der Waals surface area contributed by atoms with Crippen LogP contribution in [-0.4, -0.2) is 19.6 Å². The van der Waals surface area contributed by atoms with Gasteiger partial charge in [-0.15, -0.1) is 0 Å². The first kappa shape index (κ1) is 12.3. The van der Waals surface area contributed by atoms with E-state index in [1.807, 2.05) is 0 Å². The van der Waals surface area contributed by atoms with Crippen LogP contribution in [0.25, 0.3) is 0 Å². The van der Waals surface area contributed by atoms with Gasteiger partial charge in [0.05, 0.1) is 4.47 Å². The SMILES string of the molecule is FC(F)(F)COCOc1ccccc1Br. The maximum Gasteiger partial charge on any atom is 0.411 e. The van der Waals surface area contributed by atoms with Crippen molar-refractivity contribution in [3.63, 3.8) is 0 Å². The summed E-state index contributed by atoms with van der Waals surface area (Å²) in [5.41, 5.74) is 0. The Morgan fingerprint density at radius 2 is 1.87 bits per heavy atom. The van der Waals surface area contributed by atoms with Crippen LogP contribution in [0.2, 0.25) is 0 Å². The van der Waals surface area contributed by atoms with E-state index < -0.39 is 19.6 Å². The van der Waals surface area contributed by atoms with Gasteiger partial charge in [-0.3, -0.25) is 0 Å². The van der Waals surface area contributed by atoms with E-state index in [1.165, 1.54) is 0 Å². The van der Waals surface area contributed by atoms with Gasteiger partial charge in [-0.1, -0.05) is 12.1 Å². The summed E-state index contributed by atoms with van der Waals surface area (Å²) >= 11 is 3.19. The summed E-state index contributed by atoms with van der Waals surface area (Å²) in [6.07, 6.45) is -4.32. The summed E-state index contributed by atoms with van der Waals surface area (Å²) in [6.45, 7) is -1.74. The number of hydrogen-bond acceptors (Lipinski definition) is 2. The molecular formula is C9H8BrF3O2. The lowest BCUT2D eigenvalue weighted by Crippen LogP contribution is -2.19. The number of para-hydroxylation sites is 1. The van der Waals surface area contributed by atoms with E-state index in [4.69, 9.17) is 4.74 Å². The van der Waals surface area contributed by atoms with Crippen LogP contribution in [0.15, 0.2) is 28.7 Å². The third kappa shape index (κ3) is 5.03. The number of halogens is 4. The zero-order valence-electron chi connectivity index (χ0n) is 7.55. The van der Waals surface area contributed by atoms with Crippen molar-refractivity contribution in [2.24, 2.45) is 0 Å². The Labute approximate surface area is 93.1 Å². The highest BCUT2D eigenvalue weighted by Gasteiger charge is 2.27. The molecule has 0 bridgehead atoms. The first-order valence-electron chi connectivity index (χ1n) is 4.01. The molecule has 0 amide bonds. The van der Waals surface area contributed by atoms with Gasteiger partial charge in [0.25, 0.3) is 0 Å². The first-order chi connectivity index (χ1) is 6.99. The van der Waals surface area contributed by atoms with Crippen LogP contribution in [-0.2, 0) is 4.74 Å². The fourth-order valence-electron chi connectivity index (χ4n) is 0.824. The number of benzene rings is 1. The molecule has 1 aromatic rings. The van der Waals surface area contributed by atoms with Crippen molar-refractivity contribution in [2.45, 2.75) is 6.18 Å². The molecule has 0 aliphatic heterocycles. The van der Waals surface area contributed by atoms with E-state index in [9.17, 15) is 13.2 Å². The molecule has 0 unspecified atom stereocenters. The van der Waals surface area contributed by atoms with Crippen molar-refractivity contribution in [1.82, 2.24) is 0 Å². The molecule has 1 rings (SSSR count). The van der Waals surface area contributed by atoms with Crippen LogP contribution in [0.1, 0.15) is 0 Å². The van der Waals surface area contributed by atoms with Crippen LogP contribution in [0.4, 0.5) is 13.2 Å². The molecule has 0 N–H and O–H groups in total. The molecule has 6 heteroatoms. The van der Waals surface area contributed by atoms with Crippen LogP contribution >= 0.6 is 15.9 Å². The monoisotopic (exact) mass is 284 g/mol. The maximum absolute atomic E-state index is 11.7. The third-order valence-corrected chi connectivity index (χ3v) is 2.06. The smallest absolute Gasteiger partial charge is 0.411 e. The Morgan fingerprint density at radius 3 is 2.47 bits per heavy atom. The summed E-state index contributed by atoms with van der Waals surface area (Å²) in [5, 5.41) is 0. The van der Waals surface area contributed by atoms with E-state index in [0.29, 0.717) is 10.2 Å². The van der Waals surface area contributed by atoms with Gasteiger partial charge in [0.2, 0.25) is 0 Å². The Morgan fingerprint density at radius 1 is 1.20 bits per heavy atom. The van der Waals surface area contributed by atoms with E-state index >= 15 is 0 Å². The molecule has 0 spiro atoms. The summed E-state index contributed by atoms with van der Waals surface area (Å²) in [7, 11) is 0. The standard InChI is InChI=1S/C9H8BrF3O2/c10-7-3-1-2-4-8(7)15-6-14-5-9(11,12)13/h1-4H,5-6H2. The van der Waals surface area contributed by atoms with Crippen LogP contribution in [0.3, 0.4) is 0 Å². The third-order valence-electron chi connectivity index (χ3n) is 1.40. The summed E-state index contributed by atoms with van der Waals surface area (Å²) in [4.78, 5) is 0. The predicted octanol–water partition coefficient (Wildman–Crippen LogP) is 3.36. The molecule has 15 heavy (non-hydrogen) atoms. The van der Waals surface area contributed by atoms with Crippen molar-refractivity contribution < 1.29 is 22.6 Å². The number of alkyl halides is 3. The normalized spacial score (nSPS) is 11.5. The molecule has 0 heterocycles. The molecule has 0 saturated carbocycles. The second-order valence-corrected chi connectivity index (χ2v) is 3.51. The number of ether oxygens (including phenoxy) is 2. The summed E-state index contributed by atoms with van der Waals surface area (Å²) < 4.78 is 44.9. The van der Waals surface area contributed by atoms with E-state index in [-0.39, 0.29) is 0 Å². The molecule has 0 aromatic heterocycles. The molecule has 0 fully saturated rings. The quantitative estimate of drug-likeness (QED) is 0.624. The highest BCUT2D eigenvalue weighted by atomic mass is 79.9. The van der Waals surface area contributed by atoms with Crippen LogP contribution in [0.5, 0.6) is 5.75 Å². The van der Waals surface area contributed by atoms with E-state index in [2.05, 4.69) is 20.7 Å². The maximum atomic E-state index is 11.7. The Hall–Kier alpha value is -0.750. The van der Waals surface area contributed by atoms with Gasteiger partial charge in [0, 0.05) is 0 Å². The molecule has 0 radical (unpaired) electrons. The van der Waals surface area contributed by atoms with Crippen molar-refractivity contribution >= 4 is 15.9 Å². The topological polar surface area (TPSA) is 18.5 Å². The molecular weight excluding hydrogens is 277 g/mol. The van der Waals surface area contributed by atoms with Gasteiger partial charge in [-0.2, -0.15) is 13.2 Å². The lowest BCUT2D eigenvalue weighted by Gasteiger charge is -2.09. The zero-order chi connectivity index (χ0) is 11.3. The second-order valence-electron chi connectivity index (χ2n) is 2.66. The fourth-order valence-corrected chi connectivity index (χ4v) is 1.22. The number of hydrogen-bond donors (Lipinski definition) is 0. The predicted molar refractivity (Wildman–Crippen MR) is 51.6 cm³/mol. The van der Waals surface area contributed by atoms with Crippen molar-refractivity contribution in [3.8, 4) is 5.75 Å². The molecule has 1 aromatic carbocycles. The van der Waals surface area contributed by atoms with Gasteiger partial charge in [-0.05, 0) is 28.1 Å². The van der Waals surface area contributed by atoms with Crippen LogP contribution in [0, 0.1) is 0 Å². The molecule has 0 aliphatic rings. The summed E-state index contributed by atoms with van der Waals surface area (Å²) in [5.74, 6) is 0.444. The van der Waals surface area contributed by atoms with Gasteiger partial charge in [0.1, 0.15) is 12.4 Å².